The predicted molar refractivity (Wildman–Crippen MR) is 57.7 cm³/mol. The van der Waals surface area contributed by atoms with E-state index in [0.29, 0.717) is 17.1 Å². The summed E-state index contributed by atoms with van der Waals surface area (Å²) in [6, 6.07) is 0.695. The second kappa shape index (κ2) is 6.48. The van der Waals surface area contributed by atoms with E-state index in [-0.39, 0.29) is 6.42 Å². The van der Waals surface area contributed by atoms with Crippen molar-refractivity contribution in [1.29, 1.82) is 0 Å². The van der Waals surface area contributed by atoms with Crippen LogP contribution in [0.15, 0.2) is 0 Å². The Hall–Kier alpha value is 0.00688. The Labute approximate surface area is 86.5 Å². The summed E-state index contributed by atoms with van der Waals surface area (Å²) >= 11 is 0. The zero-order valence-corrected chi connectivity index (χ0v) is 10.6. The highest BCUT2D eigenvalue weighted by Crippen LogP contribution is 2.26. The Balaban J connectivity index is 3.94. The van der Waals surface area contributed by atoms with E-state index < -0.39 is 21.4 Å². The molecular weight excluding hydrogens is 205 g/mol. The lowest BCUT2D eigenvalue weighted by Crippen LogP contribution is -2.23. The van der Waals surface area contributed by atoms with Crippen LogP contribution in [0.4, 0.5) is 13.2 Å². The third kappa shape index (κ3) is 5.03. The fourth-order valence-corrected chi connectivity index (χ4v) is 5.49. The van der Waals surface area contributed by atoms with Gasteiger partial charge in [-0.2, -0.15) is 0 Å². The third-order valence-electron chi connectivity index (χ3n) is 2.76. The molecule has 1 unspecified atom stereocenters. The zero-order valence-electron chi connectivity index (χ0n) is 9.43. The lowest BCUT2D eigenvalue weighted by Gasteiger charge is -2.23. The van der Waals surface area contributed by atoms with Crippen LogP contribution in [-0.4, -0.2) is 21.4 Å². The molecule has 0 rings (SSSR count). The van der Waals surface area contributed by atoms with Gasteiger partial charge in [0.1, 0.15) is 0 Å². The number of hydrogen-bond donors (Lipinski definition) is 0. The van der Waals surface area contributed by atoms with Gasteiger partial charge >= 0.3 is 0 Å². The van der Waals surface area contributed by atoms with E-state index >= 15 is 0 Å². The number of hydrogen-bond acceptors (Lipinski definition) is 0. The Morgan fingerprint density at radius 1 is 0.929 bits per heavy atom. The maximum absolute atomic E-state index is 12.7. The van der Waals surface area contributed by atoms with Gasteiger partial charge in [-0.25, -0.2) is 13.2 Å². The van der Waals surface area contributed by atoms with Gasteiger partial charge in [0.2, 0.25) is 0 Å². The van der Waals surface area contributed by atoms with Gasteiger partial charge in [-0.05, 0) is 6.42 Å². The molecular formula is C10H21F3Si. The van der Waals surface area contributed by atoms with Crippen molar-refractivity contribution < 1.29 is 13.2 Å². The van der Waals surface area contributed by atoms with Gasteiger partial charge in [-0.1, -0.05) is 44.8 Å². The highest BCUT2D eigenvalue weighted by atomic mass is 28.3. The van der Waals surface area contributed by atoms with Crippen LogP contribution in [0.25, 0.3) is 0 Å². The molecule has 0 saturated heterocycles. The molecule has 86 valence electrons. The standard InChI is InChI=1S/C10H21F3Si/c1-7(2)14(8(3)4)6-5-9(11)10(12)13/h7-10,14H,5-6H2,1-4H3. The molecule has 14 heavy (non-hydrogen) atoms. The zero-order chi connectivity index (χ0) is 11.3. The smallest absolute Gasteiger partial charge is 0.241 e. The molecule has 0 bridgehead atoms. The minimum Gasteiger partial charge on any atom is -0.241 e. The van der Waals surface area contributed by atoms with Crippen molar-refractivity contribution in [2.45, 2.75) is 63.8 Å². The van der Waals surface area contributed by atoms with E-state index in [1.807, 2.05) is 0 Å². The summed E-state index contributed by atoms with van der Waals surface area (Å²) in [4.78, 5) is 0. The van der Waals surface area contributed by atoms with Crippen LogP contribution in [0.2, 0.25) is 17.1 Å². The number of halogens is 3. The second-order valence-electron chi connectivity index (χ2n) is 4.58. The molecule has 1 atom stereocenters. The first-order valence-electron chi connectivity index (χ1n) is 5.28. The average molecular weight is 226 g/mol. The molecule has 0 aromatic heterocycles. The van der Waals surface area contributed by atoms with E-state index in [1.165, 1.54) is 0 Å². The monoisotopic (exact) mass is 226 g/mol. The average Bonchev–Trinajstić information content (AvgIpc) is 2.02. The van der Waals surface area contributed by atoms with Crippen molar-refractivity contribution in [3.8, 4) is 0 Å². The highest BCUT2D eigenvalue weighted by molar-refractivity contribution is 6.61. The fraction of sp³-hybridized carbons (Fsp3) is 1.00. The first-order chi connectivity index (χ1) is 6.36. The summed E-state index contributed by atoms with van der Waals surface area (Å²) in [6.07, 6.45) is -4.67. The Morgan fingerprint density at radius 2 is 1.36 bits per heavy atom. The maximum Gasteiger partial charge on any atom is 0.269 e. The Morgan fingerprint density at radius 3 is 1.64 bits per heavy atom. The molecule has 0 aliphatic carbocycles. The molecule has 0 spiro atoms. The topological polar surface area (TPSA) is 0 Å². The van der Waals surface area contributed by atoms with Crippen molar-refractivity contribution in [2.75, 3.05) is 0 Å². The van der Waals surface area contributed by atoms with Crippen LogP contribution in [0.3, 0.4) is 0 Å². The summed E-state index contributed by atoms with van der Waals surface area (Å²) in [5.74, 6) is 0. The van der Waals surface area contributed by atoms with Gasteiger partial charge in [0.05, 0.1) is 0 Å². The molecule has 0 saturated carbocycles. The Kier molecular flexibility index (Phi) is 6.49. The molecule has 0 fully saturated rings. The minimum atomic E-state index is -2.80. The first kappa shape index (κ1) is 14.0. The third-order valence-corrected chi connectivity index (χ3v) is 7.19. The molecule has 0 radical (unpaired) electrons. The quantitative estimate of drug-likeness (QED) is 0.600. The van der Waals surface area contributed by atoms with Crippen LogP contribution in [0, 0.1) is 0 Å². The summed E-state index contributed by atoms with van der Waals surface area (Å²) in [7, 11) is -1.05. The van der Waals surface area contributed by atoms with Crippen LogP contribution < -0.4 is 0 Å². The molecule has 0 amide bonds. The molecule has 0 heterocycles. The fourth-order valence-electron chi connectivity index (χ4n) is 1.91. The molecule has 0 aromatic rings. The lowest BCUT2D eigenvalue weighted by atomic mass is 10.3. The lowest BCUT2D eigenvalue weighted by molar-refractivity contribution is 0.0480. The van der Waals surface area contributed by atoms with Gasteiger partial charge < -0.3 is 0 Å². The first-order valence-corrected chi connectivity index (χ1v) is 7.43. The van der Waals surface area contributed by atoms with Crippen molar-refractivity contribution in [1.82, 2.24) is 0 Å². The number of alkyl halides is 3. The predicted octanol–water partition coefficient (Wildman–Crippen LogP) is 4.03. The molecule has 4 heteroatoms. The van der Waals surface area contributed by atoms with Gasteiger partial charge in [0.25, 0.3) is 6.43 Å². The molecule has 0 aliphatic rings. The maximum atomic E-state index is 12.7. The normalized spacial score (nSPS) is 14.8. The largest absolute Gasteiger partial charge is 0.269 e. The van der Waals surface area contributed by atoms with Gasteiger partial charge in [0, 0.05) is 8.80 Å². The summed E-state index contributed by atoms with van der Waals surface area (Å²) in [5, 5.41) is 0. The molecule has 0 nitrogen and oxygen atoms in total. The minimum absolute atomic E-state index is 0.0465. The van der Waals surface area contributed by atoms with Crippen molar-refractivity contribution in [3.63, 3.8) is 0 Å². The second-order valence-corrected chi connectivity index (χ2v) is 9.15. The van der Waals surface area contributed by atoms with Gasteiger partial charge in [-0.3, -0.25) is 0 Å². The van der Waals surface area contributed by atoms with Crippen molar-refractivity contribution >= 4 is 8.80 Å². The summed E-state index contributed by atoms with van der Waals surface area (Å²) in [6.45, 7) is 8.47. The molecule has 0 aliphatic heterocycles. The Bertz CT molecular complexity index is 140. The van der Waals surface area contributed by atoms with E-state index in [9.17, 15) is 13.2 Å². The van der Waals surface area contributed by atoms with Crippen molar-refractivity contribution in [3.05, 3.63) is 0 Å². The van der Waals surface area contributed by atoms with Crippen LogP contribution >= 0.6 is 0 Å². The van der Waals surface area contributed by atoms with E-state index in [1.54, 1.807) is 0 Å². The van der Waals surface area contributed by atoms with Crippen LogP contribution in [-0.2, 0) is 0 Å². The molecule has 0 N–H and O–H groups in total. The van der Waals surface area contributed by atoms with Gasteiger partial charge in [0.15, 0.2) is 6.17 Å². The number of rotatable bonds is 6. The van der Waals surface area contributed by atoms with Gasteiger partial charge in [-0.15, -0.1) is 0 Å². The summed E-state index contributed by atoms with van der Waals surface area (Å²) in [5.41, 5.74) is 1.14. The van der Waals surface area contributed by atoms with E-state index in [4.69, 9.17) is 0 Å². The summed E-state index contributed by atoms with van der Waals surface area (Å²) < 4.78 is 36.5. The SMILES string of the molecule is CC(C)[SiH](CCC(F)C(F)F)C(C)C. The van der Waals surface area contributed by atoms with Crippen LogP contribution in [0.1, 0.15) is 34.1 Å². The molecule has 0 aromatic carbocycles. The van der Waals surface area contributed by atoms with Crippen LogP contribution in [0.5, 0.6) is 0 Å². The highest BCUT2D eigenvalue weighted by Gasteiger charge is 2.24. The van der Waals surface area contributed by atoms with Crippen molar-refractivity contribution in [2.24, 2.45) is 0 Å². The van der Waals surface area contributed by atoms with E-state index in [2.05, 4.69) is 27.7 Å². The van der Waals surface area contributed by atoms with E-state index in [0.717, 1.165) is 0 Å².